The molecular weight excluding hydrogens is 298 g/mol. The van der Waals surface area contributed by atoms with Gasteiger partial charge in [-0.3, -0.25) is 0 Å². The van der Waals surface area contributed by atoms with E-state index in [1.54, 1.807) is 25.4 Å². The van der Waals surface area contributed by atoms with E-state index in [1.165, 1.54) is 11.6 Å². The van der Waals surface area contributed by atoms with E-state index < -0.39 is 5.97 Å². The second-order valence-corrected chi connectivity index (χ2v) is 4.70. The number of fused-ring (bicyclic) bond motifs is 1. The zero-order valence-corrected chi connectivity index (χ0v) is 12.7. The minimum Gasteiger partial charge on any atom is -0.497 e. The third-order valence-corrected chi connectivity index (χ3v) is 3.22. The van der Waals surface area contributed by atoms with Crippen molar-refractivity contribution in [3.63, 3.8) is 0 Å². The van der Waals surface area contributed by atoms with Crippen LogP contribution >= 0.6 is 0 Å². The summed E-state index contributed by atoms with van der Waals surface area (Å²) in [6.07, 6.45) is 1.57. The summed E-state index contributed by atoms with van der Waals surface area (Å²) in [5, 5.41) is 4.29. The lowest BCUT2D eigenvalue weighted by Crippen LogP contribution is -2.03. The minimum absolute atomic E-state index is 0.224. The number of ether oxygens (including phenoxy) is 3. The molecule has 0 aliphatic heterocycles. The van der Waals surface area contributed by atoms with Crippen LogP contribution in [0.15, 0.2) is 42.6 Å². The van der Waals surface area contributed by atoms with E-state index in [0.717, 1.165) is 5.75 Å². The van der Waals surface area contributed by atoms with Crippen LogP contribution in [0, 0.1) is 0 Å². The third-order valence-electron chi connectivity index (χ3n) is 3.22. The zero-order chi connectivity index (χ0) is 16.2. The molecule has 0 amide bonds. The van der Waals surface area contributed by atoms with Crippen LogP contribution < -0.4 is 9.47 Å². The number of esters is 1. The molecule has 0 aliphatic carbocycles. The summed E-state index contributed by atoms with van der Waals surface area (Å²) in [7, 11) is 2.95. The summed E-state index contributed by atoms with van der Waals surface area (Å²) in [5.74, 6) is 1.56. The first-order valence-corrected chi connectivity index (χ1v) is 6.90. The largest absolute Gasteiger partial charge is 0.497 e. The molecule has 0 bridgehead atoms. The van der Waals surface area contributed by atoms with Gasteiger partial charge in [0.15, 0.2) is 11.5 Å². The van der Waals surface area contributed by atoms with Crippen LogP contribution in [0.5, 0.6) is 11.5 Å². The zero-order valence-electron chi connectivity index (χ0n) is 12.7. The highest BCUT2D eigenvalue weighted by molar-refractivity contribution is 5.89. The molecule has 1 aromatic carbocycles. The van der Waals surface area contributed by atoms with Crippen molar-refractivity contribution in [1.82, 2.24) is 14.6 Å². The summed E-state index contributed by atoms with van der Waals surface area (Å²) < 4.78 is 16.9. The van der Waals surface area contributed by atoms with Gasteiger partial charge < -0.3 is 14.2 Å². The topological polar surface area (TPSA) is 75.0 Å². The highest BCUT2D eigenvalue weighted by Gasteiger charge is 2.09. The average molecular weight is 313 g/mol. The second-order valence-electron chi connectivity index (χ2n) is 4.70. The number of aromatic nitrogens is 3. The smallest absolute Gasteiger partial charge is 0.339 e. The maximum Gasteiger partial charge on any atom is 0.339 e. The number of rotatable bonds is 5. The lowest BCUT2D eigenvalue weighted by molar-refractivity contribution is 0.0600. The van der Waals surface area contributed by atoms with Crippen LogP contribution in [0.3, 0.4) is 0 Å². The standard InChI is InChI=1S/C16H15N3O4/c1-21-12-4-6-13(7-5-12)23-10-14-17-15-8-3-11(16(20)22-2)9-19(15)18-14/h3-9H,10H2,1-2H3. The first-order chi connectivity index (χ1) is 11.2. The predicted molar refractivity (Wildman–Crippen MR) is 81.7 cm³/mol. The Morgan fingerprint density at radius 3 is 2.52 bits per heavy atom. The number of hydrogen-bond acceptors (Lipinski definition) is 6. The van der Waals surface area contributed by atoms with Crippen molar-refractivity contribution in [3.8, 4) is 11.5 Å². The van der Waals surface area contributed by atoms with E-state index in [0.29, 0.717) is 22.8 Å². The Hall–Kier alpha value is -3.09. The van der Waals surface area contributed by atoms with E-state index in [-0.39, 0.29) is 6.61 Å². The molecule has 3 rings (SSSR count). The Labute approximate surface area is 132 Å². The Morgan fingerprint density at radius 2 is 1.83 bits per heavy atom. The predicted octanol–water partition coefficient (Wildman–Crippen LogP) is 2.10. The van der Waals surface area contributed by atoms with Crippen molar-refractivity contribution >= 4 is 11.6 Å². The first-order valence-electron chi connectivity index (χ1n) is 6.90. The number of pyridine rings is 1. The molecular formula is C16H15N3O4. The molecule has 0 N–H and O–H groups in total. The van der Waals surface area contributed by atoms with Crippen LogP contribution in [0.2, 0.25) is 0 Å². The Morgan fingerprint density at radius 1 is 1.09 bits per heavy atom. The van der Waals surface area contributed by atoms with Crippen molar-refractivity contribution in [2.24, 2.45) is 0 Å². The Bertz CT molecular complexity index is 827. The number of benzene rings is 1. The molecule has 7 heteroatoms. The fourth-order valence-corrected chi connectivity index (χ4v) is 2.05. The summed E-state index contributed by atoms with van der Waals surface area (Å²) in [4.78, 5) is 15.8. The van der Waals surface area contributed by atoms with Crippen molar-refractivity contribution in [3.05, 3.63) is 54.0 Å². The van der Waals surface area contributed by atoms with E-state index in [1.807, 2.05) is 24.3 Å². The van der Waals surface area contributed by atoms with Gasteiger partial charge in [-0.2, -0.15) is 0 Å². The molecule has 0 saturated heterocycles. The molecule has 3 aromatic rings. The molecule has 23 heavy (non-hydrogen) atoms. The molecule has 0 aliphatic rings. The van der Waals surface area contributed by atoms with Gasteiger partial charge in [-0.25, -0.2) is 14.3 Å². The van der Waals surface area contributed by atoms with Gasteiger partial charge >= 0.3 is 5.97 Å². The molecule has 2 aromatic heterocycles. The third kappa shape index (κ3) is 3.23. The number of nitrogens with zero attached hydrogens (tertiary/aromatic N) is 3. The van der Waals surface area contributed by atoms with Crippen molar-refractivity contribution in [2.75, 3.05) is 14.2 Å². The highest BCUT2D eigenvalue weighted by Crippen LogP contribution is 2.18. The quantitative estimate of drug-likeness (QED) is 0.672. The monoisotopic (exact) mass is 313 g/mol. The van der Waals surface area contributed by atoms with Crippen molar-refractivity contribution in [2.45, 2.75) is 6.61 Å². The van der Waals surface area contributed by atoms with Gasteiger partial charge in [-0.1, -0.05) is 0 Å². The lowest BCUT2D eigenvalue weighted by atomic mass is 10.3. The first kappa shape index (κ1) is 14.8. The summed E-state index contributed by atoms with van der Waals surface area (Å²) >= 11 is 0. The van der Waals surface area contributed by atoms with Gasteiger partial charge in [0.05, 0.1) is 19.8 Å². The number of methoxy groups -OCH3 is 2. The molecule has 2 heterocycles. The second kappa shape index (κ2) is 6.35. The van der Waals surface area contributed by atoms with E-state index in [9.17, 15) is 4.79 Å². The van der Waals surface area contributed by atoms with Crippen molar-refractivity contribution < 1.29 is 19.0 Å². The Balaban J connectivity index is 1.73. The van der Waals surface area contributed by atoms with Gasteiger partial charge in [-0.05, 0) is 36.4 Å². The van der Waals surface area contributed by atoms with E-state index >= 15 is 0 Å². The molecule has 0 spiro atoms. The summed E-state index contributed by atoms with van der Waals surface area (Å²) in [5.41, 5.74) is 1.04. The SMILES string of the molecule is COC(=O)c1ccc2nc(COc3ccc(OC)cc3)nn2c1. The molecule has 7 nitrogen and oxygen atoms in total. The van der Waals surface area contributed by atoms with Gasteiger partial charge in [0.1, 0.15) is 18.1 Å². The normalized spacial score (nSPS) is 10.5. The van der Waals surface area contributed by atoms with Crippen LogP contribution in [-0.4, -0.2) is 34.8 Å². The van der Waals surface area contributed by atoms with Gasteiger partial charge in [0.25, 0.3) is 0 Å². The fourth-order valence-electron chi connectivity index (χ4n) is 2.05. The van der Waals surface area contributed by atoms with E-state index in [2.05, 4.69) is 14.8 Å². The maximum atomic E-state index is 11.5. The lowest BCUT2D eigenvalue weighted by Gasteiger charge is -2.04. The number of carbonyl (C=O) groups is 1. The molecule has 0 unspecified atom stereocenters. The minimum atomic E-state index is -0.418. The van der Waals surface area contributed by atoms with Crippen molar-refractivity contribution in [1.29, 1.82) is 0 Å². The van der Waals surface area contributed by atoms with Gasteiger partial charge in [-0.15, -0.1) is 5.10 Å². The summed E-state index contributed by atoms with van der Waals surface area (Å²) in [6, 6.07) is 10.6. The van der Waals surface area contributed by atoms with Crippen LogP contribution in [0.1, 0.15) is 16.2 Å². The van der Waals surface area contributed by atoms with Gasteiger partial charge in [0.2, 0.25) is 0 Å². The molecule has 0 radical (unpaired) electrons. The van der Waals surface area contributed by atoms with Gasteiger partial charge in [0, 0.05) is 6.20 Å². The molecule has 118 valence electrons. The number of hydrogen-bond donors (Lipinski definition) is 0. The van der Waals surface area contributed by atoms with Crippen LogP contribution in [0.25, 0.3) is 5.65 Å². The maximum absolute atomic E-state index is 11.5. The molecule has 0 fully saturated rings. The highest BCUT2D eigenvalue weighted by atomic mass is 16.5. The fraction of sp³-hybridized carbons (Fsp3) is 0.188. The van der Waals surface area contributed by atoms with Crippen LogP contribution in [0.4, 0.5) is 0 Å². The Kier molecular flexibility index (Phi) is 4.09. The van der Waals surface area contributed by atoms with E-state index in [4.69, 9.17) is 9.47 Å². The summed E-state index contributed by atoms with van der Waals surface area (Å²) in [6.45, 7) is 0.224. The number of carbonyl (C=O) groups excluding carboxylic acids is 1. The average Bonchev–Trinajstić information content (AvgIpc) is 3.01. The van der Waals surface area contributed by atoms with Crippen LogP contribution in [-0.2, 0) is 11.3 Å². The molecule has 0 saturated carbocycles. The molecule has 0 atom stereocenters.